The second kappa shape index (κ2) is 4.16. The minimum atomic E-state index is -4.68. The molecule has 0 bridgehead atoms. The topological polar surface area (TPSA) is 25.0 Å². The van der Waals surface area contributed by atoms with Crippen LogP contribution in [0.1, 0.15) is 5.56 Å². The Morgan fingerprint density at radius 2 is 1.88 bits per heavy atom. The van der Waals surface area contributed by atoms with Gasteiger partial charge in [0.05, 0.1) is 0 Å². The van der Waals surface area contributed by atoms with Gasteiger partial charge in [-0.05, 0) is 30.7 Å². The fourth-order valence-electron chi connectivity index (χ4n) is 1.56. The van der Waals surface area contributed by atoms with Gasteiger partial charge >= 0.3 is 6.36 Å². The maximum atomic E-state index is 12.2. The summed E-state index contributed by atoms with van der Waals surface area (Å²) in [6, 6.07) is 7.79. The van der Waals surface area contributed by atoms with E-state index < -0.39 is 6.36 Å². The van der Waals surface area contributed by atoms with Crippen molar-refractivity contribution < 1.29 is 17.9 Å². The van der Waals surface area contributed by atoms with Crippen LogP contribution in [-0.2, 0) is 0 Å². The van der Waals surface area contributed by atoms with E-state index in [1.807, 2.05) is 6.92 Å². The van der Waals surface area contributed by atoms with Crippen LogP contribution < -0.4 is 4.74 Å². The molecule has 0 amide bonds. The molecule has 1 aromatic carbocycles. The Morgan fingerprint density at radius 1 is 1.18 bits per heavy atom. The van der Waals surface area contributed by atoms with Crippen LogP contribution in [0, 0.1) is 6.92 Å². The monoisotopic (exact) mass is 241 g/mol. The van der Waals surface area contributed by atoms with Crippen molar-refractivity contribution in [2.75, 3.05) is 0 Å². The number of nitrogens with one attached hydrogen (secondary N) is 1. The van der Waals surface area contributed by atoms with Crippen LogP contribution in [0.3, 0.4) is 0 Å². The smallest absolute Gasteiger partial charge is 0.405 e. The molecule has 0 spiro atoms. The van der Waals surface area contributed by atoms with E-state index in [9.17, 15) is 13.2 Å². The normalized spacial score (nSPS) is 11.5. The summed E-state index contributed by atoms with van der Waals surface area (Å²) < 4.78 is 40.6. The SMILES string of the molecule is Cc1c[nH]c(-c2ccccc2OC(F)(F)F)c1. The van der Waals surface area contributed by atoms with Crippen molar-refractivity contribution in [2.24, 2.45) is 0 Å². The number of ether oxygens (including phenoxy) is 1. The molecule has 0 aliphatic heterocycles. The Balaban J connectivity index is 2.41. The molecular weight excluding hydrogens is 231 g/mol. The van der Waals surface area contributed by atoms with Crippen LogP contribution in [0.2, 0.25) is 0 Å². The van der Waals surface area contributed by atoms with Crippen molar-refractivity contribution in [3.8, 4) is 17.0 Å². The minimum absolute atomic E-state index is 0.207. The summed E-state index contributed by atoms with van der Waals surface area (Å²) in [6.07, 6.45) is -2.96. The lowest BCUT2D eigenvalue weighted by molar-refractivity contribution is -0.274. The van der Waals surface area contributed by atoms with Crippen LogP contribution in [0.4, 0.5) is 13.2 Å². The molecule has 2 aromatic rings. The maximum Gasteiger partial charge on any atom is 0.573 e. The molecule has 2 nitrogen and oxygen atoms in total. The molecule has 0 saturated carbocycles. The van der Waals surface area contributed by atoms with Gasteiger partial charge in [-0.15, -0.1) is 13.2 Å². The lowest BCUT2D eigenvalue weighted by Gasteiger charge is -2.12. The number of benzene rings is 1. The van der Waals surface area contributed by atoms with E-state index in [2.05, 4.69) is 9.72 Å². The predicted molar refractivity (Wildman–Crippen MR) is 57.6 cm³/mol. The van der Waals surface area contributed by atoms with Crippen LogP contribution >= 0.6 is 0 Å². The Kier molecular flexibility index (Phi) is 2.83. The van der Waals surface area contributed by atoms with Crippen molar-refractivity contribution >= 4 is 0 Å². The van der Waals surface area contributed by atoms with Crippen LogP contribution in [-0.4, -0.2) is 11.3 Å². The van der Waals surface area contributed by atoms with Crippen molar-refractivity contribution in [3.05, 3.63) is 42.1 Å². The summed E-state index contributed by atoms with van der Waals surface area (Å²) in [5.74, 6) is -0.207. The number of alkyl halides is 3. The Labute approximate surface area is 96.0 Å². The average Bonchev–Trinajstić information content (AvgIpc) is 2.63. The molecule has 0 fully saturated rings. The highest BCUT2D eigenvalue weighted by molar-refractivity contribution is 5.67. The van der Waals surface area contributed by atoms with Crippen LogP contribution in [0.5, 0.6) is 5.75 Å². The van der Waals surface area contributed by atoms with Gasteiger partial charge in [-0.25, -0.2) is 0 Å². The summed E-state index contributed by atoms with van der Waals surface area (Å²) >= 11 is 0. The number of halogens is 3. The molecule has 0 radical (unpaired) electrons. The van der Waals surface area contributed by atoms with Gasteiger partial charge in [-0.1, -0.05) is 12.1 Å². The average molecular weight is 241 g/mol. The van der Waals surface area contributed by atoms with E-state index in [4.69, 9.17) is 0 Å². The van der Waals surface area contributed by atoms with Gasteiger partial charge in [-0.3, -0.25) is 0 Å². The van der Waals surface area contributed by atoms with E-state index in [1.165, 1.54) is 12.1 Å². The first-order chi connectivity index (χ1) is 7.96. The highest BCUT2D eigenvalue weighted by Gasteiger charge is 2.32. The van der Waals surface area contributed by atoms with Crippen LogP contribution in [0.15, 0.2) is 36.5 Å². The third-order valence-electron chi connectivity index (χ3n) is 2.23. The Hall–Kier alpha value is -1.91. The molecular formula is C12H10F3NO. The van der Waals surface area contributed by atoms with Crippen LogP contribution in [0.25, 0.3) is 11.3 Å². The van der Waals surface area contributed by atoms with Crippen molar-refractivity contribution in [3.63, 3.8) is 0 Å². The molecule has 1 heterocycles. The number of rotatable bonds is 2. The maximum absolute atomic E-state index is 12.2. The zero-order valence-corrected chi connectivity index (χ0v) is 9.01. The van der Waals surface area contributed by atoms with E-state index in [-0.39, 0.29) is 5.75 Å². The summed E-state index contributed by atoms with van der Waals surface area (Å²) in [4.78, 5) is 2.90. The molecule has 0 saturated heterocycles. The zero-order valence-electron chi connectivity index (χ0n) is 9.01. The molecule has 17 heavy (non-hydrogen) atoms. The van der Waals surface area contributed by atoms with E-state index >= 15 is 0 Å². The molecule has 0 aliphatic rings. The van der Waals surface area contributed by atoms with Gasteiger partial charge in [0.1, 0.15) is 5.75 Å². The molecule has 1 aromatic heterocycles. The molecule has 2 rings (SSSR count). The number of hydrogen-bond acceptors (Lipinski definition) is 1. The first-order valence-corrected chi connectivity index (χ1v) is 4.96. The van der Waals surface area contributed by atoms with Crippen molar-refractivity contribution in [2.45, 2.75) is 13.3 Å². The van der Waals surface area contributed by atoms with E-state index in [0.717, 1.165) is 5.56 Å². The van der Waals surface area contributed by atoms with E-state index in [1.54, 1.807) is 24.4 Å². The number of H-pyrrole nitrogens is 1. The summed E-state index contributed by atoms with van der Waals surface area (Å²) in [6.45, 7) is 1.85. The summed E-state index contributed by atoms with van der Waals surface area (Å²) in [5.41, 5.74) is 1.93. The second-order valence-corrected chi connectivity index (χ2v) is 3.63. The molecule has 1 N–H and O–H groups in total. The van der Waals surface area contributed by atoms with Gasteiger partial charge in [0, 0.05) is 17.5 Å². The van der Waals surface area contributed by atoms with Crippen molar-refractivity contribution in [1.29, 1.82) is 0 Å². The highest BCUT2D eigenvalue weighted by atomic mass is 19.4. The Morgan fingerprint density at radius 3 is 2.47 bits per heavy atom. The first kappa shape index (κ1) is 11.6. The van der Waals surface area contributed by atoms with Gasteiger partial charge < -0.3 is 9.72 Å². The largest absolute Gasteiger partial charge is 0.573 e. The molecule has 5 heteroatoms. The second-order valence-electron chi connectivity index (χ2n) is 3.63. The molecule has 0 aliphatic carbocycles. The summed E-state index contributed by atoms with van der Waals surface area (Å²) in [5, 5.41) is 0. The fourth-order valence-corrected chi connectivity index (χ4v) is 1.56. The summed E-state index contributed by atoms with van der Waals surface area (Å²) in [7, 11) is 0. The number of aromatic nitrogens is 1. The standard InChI is InChI=1S/C12H10F3NO/c1-8-6-10(16-7-8)9-4-2-3-5-11(9)17-12(13,14)15/h2-7,16H,1H3. The lowest BCUT2D eigenvalue weighted by Crippen LogP contribution is -2.17. The minimum Gasteiger partial charge on any atom is -0.405 e. The number of aryl methyl sites for hydroxylation is 1. The number of para-hydroxylation sites is 1. The van der Waals surface area contributed by atoms with Gasteiger partial charge in [0.15, 0.2) is 0 Å². The Bertz CT molecular complexity index is 516. The molecule has 90 valence electrons. The quantitative estimate of drug-likeness (QED) is 0.847. The zero-order chi connectivity index (χ0) is 12.5. The molecule has 0 atom stereocenters. The first-order valence-electron chi connectivity index (χ1n) is 4.96. The van der Waals surface area contributed by atoms with Gasteiger partial charge in [-0.2, -0.15) is 0 Å². The number of hydrogen-bond donors (Lipinski definition) is 1. The fraction of sp³-hybridized carbons (Fsp3) is 0.167. The molecule has 0 unspecified atom stereocenters. The predicted octanol–water partition coefficient (Wildman–Crippen LogP) is 3.89. The lowest BCUT2D eigenvalue weighted by atomic mass is 10.1. The van der Waals surface area contributed by atoms with Gasteiger partial charge in [0.25, 0.3) is 0 Å². The number of aromatic amines is 1. The highest BCUT2D eigenvalue weighted by Crippen LogP contribution is 2.33. The third kappa shape index (κ3) is 2.81. The van der Waals surface area contributed by atoms with E-state index in [0.29, 0.717) is 11.3 Å². The van der Waals surface area contributed by atoms with Crippen molar-refractivity contribution in [1.82, 2.24) is 4.98 Å². The van der Waals surface area contributed by atoms with Gasteiger partial charge in [0.2, 0.25) is 0 Å². The third-order valence-corrected chi connectivity index (χ3v) is 2.23.